The van der Waals surface area contributed by atoms with Gasteiger partial charge in [0.25, 0.3) is 0 Å². The minimum Gasteiger partial charge on any atom is -0.493 e. The highest BCUT2D eigenvalue weighted by Crippen LogP contribution is 2.25. The van der Waals surface area contributed by atoms with Crippen molar-refractivity contribution in [2.45, 2.75) is 38.8 Å². The molecule has 33 heavy (non-hydrogen) atoms. The van der Waals surface area contributed by atoms with Gasteiger partial charge in [0.1, 0.15) is 11.6 Å². The zero-order valence-electron chi connectivity index (χ0n) is 19.6. The third-order valence-corrected chi connectivity index (χ3v) is 6.93. The zero-order valence-corrected chi connectivity index (χ0v) is 19.6. The van der Waals surface area contributed by atoms with E-state index in [2.05, 4.69) is 46.3 Å². The van der Waals surface area contributed by atoms with E-state index in [4.69, 9.17) is 4.74 Å². The Morgan fingerprint density at radius 3 is 2.79 bits per heavy atom. The van der Waals surface area contributed by atoms with Gasteiger partial charge in [-0.05, 0) is 50.0 Å². The first-order valence-electron chi connectivity index (χ1n) is 12.3. The van der Waals surface area contributed by atoms with E-state index in [1.54, 1.807) is 12.1 Å². The lowest BCUT2D eigenvalue weighted by Crippen LogP contribution is -2.49. The summed E-state index contributed by atoms with van der Waals surface area (Å²) in [4.78, 5) is 18.0. The summed E-state index contributed by atoms with van der Waals surface area (Å²) in [5, 5.41) is 3.25. The quantitative estimate of drug-likeness (QED) is 0.625. The molecule has 0 aromatic heterocycles. The summed E-state index contributed by atoms with van der Waals surface area (Å²) in [5.41, 5.74) is 1.24. The molecule has 0 spiro atoms. The molecule has 1 unspecified atom stereocenters. The molecule has 0 radical (unpaired) electrons. The molecule has 2 aliphatic heterocycles. The monoisotopic (exact) mass is 453 g/mol. The van der Waals surface area contributed by atoms with Crippen LogP contribution < -0.4 is 10.1 Å². The molecule has 5 nitrogen and oxygen atoms in total. The van der Waals surface area contributed by atoms with Crippen LogP contribution in [-0.2, 0) is 11.3 Å². The van der Waals surface area contributed by atoms with E-state index in [1.165, 1.54) is 24.1 Å². The Morgan fingerprint density at radius 1 is 1.15 bits per heavy atom. The molecular weight excluding hydrogens is 417 g/mol. The number of benzene rings is 2. The summed E-state index contributed by atoms with van der Waals surface area (Å²) in [6.07, 6.45) is 3.15. The van der Waals surface area contributed by atoms with Crippen LogP contribution in [0.3, 0.4) is 0 Å². The third-order valence-electron chi connectivity index (χ3n) is 6.93. The summed E-state index contributed by atoms with van der Waals surface area (Å²) >= 11 is 0. The Labute approximate surface area is 196 Å². The second-order valence-electron chi connectivity index (χ2n) is 9.42. The molecule has 0 saturated carbocycles. The van der Waals surface area contributed by atoms with E-state index in [9.17, 15) is 9.18 Å². The average molecular weight is 454 g/mol. The third kappa shape index (κ3) is 6.78. The van der Waals surface area contributed by atoms with E-state index < -0.39 is 0 Å². The van der Waals surface area contributed by atoms with Crippen LogP contribution >= 0.6 is 0 Å². The Hall–Kier alpha value is -2.44. The van der Waals surface area contributed by atoms with Crippen LogP contribution in [0, 0.1) is 17.7 Å². The SMILES string of the molecule is CCN1CCCC1CNC(=O)[C@@H]1C[C@H](COc2cccc(F)c2)CN(Cc2ccccc2)C1. The molecule has 4 rings (SSSR count). The van der Waals surface area contributed by atoms with Gasteiger partial charge in [-0.2, -0.15) is 0 Å². The molecular formula is C27H36FN3O2. The van der Waals surface area contributed by atoms with Crippen molar-refractivity contribution in [3.8, 4) is 5.75 Å². The maximum absolute atomic E-state index is 13.5. The smallest absolute Gasteiger partial charge is 0.224 e. The van der Waals surface area contributed by atoms with E-state index in [-0.39, 0.29) is 23.6 Å². The number of amides is 1. The maximum Gasteiger partial charge on any atom is 0.224 e. The van der Waals surface area contributed by atoms with Gasteiger partial charge < -0.3 is 10.1 Å². The molecule has 2 fully saturated rings. The van der Waals surface area contributed by atoms with Crippen molar-refractivity contribution < 1.29 is 13.9 Å². The maximum atomic E-state index is 13.5. The largest absolute Gasteiger partial charge is 0.493 e. The van der Waals surface area contributed by atoms with Gasteiger partial charge in [-0.3, -0.25) is 14.6 Å². The van der Waals surface area contributed by atoms with Crippen LogP contribution in [0.5, 0.6) is 5.75 Å². The van der Waals surface area contributed by atoms with Crippen molar-refractivity contribution in [3.05, 3.63) is 66.0 Å². The van der Waals surface area contributed by atoms with Crippen molar-refractivity contribution in [2.75, 3.05) is 39.3 Å². The van der Waals surface area contributed by atoms with Crippen molar-refractivity contribution in [2.24, 2.45) is 11.8 Å². The molecule has 1 amide bonds. The highest BCUT2D eigenvalue weighted by atomic mass is 19.1. The standard InChI is InChI=1S/C27H36FN3O2/c1-2-31-13-7-11-25(31)16-29-27(32)23-14-22(20-33-26-12-6-10-24(28)15-26)18-30(19-23)17-21-8-4-3-5-9-21/h3-6,8-10,12,15,22-23,25H,2,7,11,13-14,16-20H2,1H3,(H,29,32)/t22-,23+,25?/m0/s1. The van der Waals surface area contributed by atoms with Crippen molar-refractivity contribution in [1.82, 2.24) is 15.1 Å². The Morgan fingerprint density at radius 2 is 2.00 bits per heavy atom. The Kier molecular flexibility index (Phi) is 8.35. The van der Waals surface area contributed by atoms with Gasteiger partial charge in [0, 0.05) is 44.2 Å². The number of halogens is 1. The van der Waals surface area contributed by atoms with E-state index in [1.807, 2.05) is 6.07 Å². The highest BCUT2D eigenvalue weighted by molar-refractivity contribution is 5.79. The number of nitrogens with one attached hydrogen (secondary N) is 1. The molecule has 178 valence electrons. The summed E-state index contributed by atoms with van der Waals surface area (Å²) in [6, 6.07) is 17.1. The van der Waals surface area contributed by atoms with Gasteiger partial charge in [-0.15, -0.1) is 0 Å². The lowest BCUT2D eigenvalue weighted by molar-refractivity contribution is -0.128. The minimum absolute atomic E-state index is 0.0694. The number of piperidine rings is 1. The van der Waals surface area contributed by atoms with Crippen molar-refractivity contribution >= 4 is 5.91 Å². The van der Waals surface area contributed by atoms with Gasteiger partial charge in [0.2, 0.25) is 5.91 Å². The van der Waals surface area contributed by atoms with Crippen LogP contribution in [0.4, 0.5) is 4.39 Å². The van der Waals surface area contributed by atoms with Crippen LogP contribution in [0.1, 0.15) is 31.7 Å². The molecule has 2 aromatic rings. The normalized spacial score (nSPS) is 24.0. The fraction of sp³-hybridized carbons (Fsp3) is 0.519. The second kappa shape index (κ2) is 11.6. The number of nitrogens with zero attached hydrogens (tertiary/aromatic N) is 2. The van der Waals surface area contributed by atoms with E-state index in [0.717, 1.165) is 52.1 Å². The average Bonchev–Trinajstić information content (AvgIpc) is 3.29. The fourth-order valence-corrected chi connectivity index (χ4v) is 5.26. The molecule has 2 saturated heterocycles. The van der Waals surface area contributed by atoms with Crippen molar-refractivity contribution in [1.29, 1.82) is 0 Å². The molecule has 6 heteroatoms. The van der Waals surface area contributed by atoms with E-state index in [0.29, 0.717) is 18.4 Å². The summed E-state index contributed by atoms with van der Waals surface area (Å²) in [6.45, 7) is 7.98. The van der Waals surface area contributed by atoms with Gasteiger partial charge in [-0.25, -0.2) is 4.39 Å². The molecule has 0 aliphatic carbocycles. The second-order valence-corrected chi connectivity index (χ2v) is 9.42. The first kappa shape index (κ1) is 23.7. The van der Waals surface area contributed by atoms with Crippen molar-refractivity contribution in [3.63, 3.8) is 0 Å². The number of hydrogen-bond acceptors (Lipinski definition) is 4. The van der Waals surface area contributed by atoms with Gasteiger partial charge in [0.15, 0.2) is 0 Å². The lowest BCUT2D eigenvalue weighted by Gasteiger charge is -2.37. The fourth-order valence-electron chi connectivity index (χ4n) is 5.26. The molecule has 2 heterocycles. The number of carbonyl (C=O) groups excluding carboxylic acids is 1. The molecule has 2 aromatic carbocycles. The first-order chi connectivity index (χ1) is 16.1. The van der Waals surface area contributed by atoms with Crippen LogP contribution in [0.2, 0.25) is 0 Å². The number of hydrogen-bond donors (Lipinski definition) is 1. The van der Waals surface area contributed by atoms with Crippen LogP contribution in [0.25, 0.3) is 0 Å². The summed E-state index contributed by atoms with van der Waals surface area (Å²) in [5.74, 6) is 0.524. The predicted molar refractivity (Wildman–Crippen MR) is 128 cm³/mol. The van der Waals surface area contributed by atoms with Crippen LogP contribution in [0.15, 0.2) is 54.6 Å². The first-order valence-corrected chi connectivity index (χ1v) is 12.3. The van der Waals surface area contributed by atoms with Gasteiger partial charge in [-0.1, -0.05) is 43.3 Å². The summed E-state index contributed by atoms with van der Waals surface area (Å²) < 4.78 is 19.4. The number of likely N-dealkylation sites (tertiary alicyclic amines) is 2. The number of ether oxygens (including phenoxy) is 1. The molecule has 0 bridgehead atoms. The number of likely N-dealkylation sites (N-methyl/N-ethyl adjacent to an activating group) is 1. The molecule has 3 atom stereocenters. The number of carbonyl (C=O) groups is 1. The predicted octanol–water partition coefficient (Wildman–Crippen LogP) is 3.94. The van der Waals surface area contributed by atoms with E-state index >= 15 is 0 Å². The molecule has 2 aliphatic rings. The Balaban J connectivity index is 1.38. The van der Waals surface area contributed by atoms with Crippen LogP contribution in [-0.4, -0.2) is 61.1 Å². The minimum atomic E-state index is -0.299. The number of rotatable bonds is 9. The van der Waals surface area contributed by atoms with Gasteiger partial charge >= 0.3 is 0 Å². The van der Waals surface area contributed by atoms with Gasteiger partial charge in [0.05, 0.1) is 12.5 Å². The summed E-state index contributed by atoms with van der Waals surface area (Å²) in [7, 11) is 0. The highest BCUT2D eigenvalue weighted by Gasteiger charge is 2.33. The topological polar surface area (TPSA) is 44.8 Å². The molecule has 1 N–H and O–H groups in total. The lowest BCUT2D eigenvalue weighted by atomic mass is 9.88. The Bertz CT molecular complexity index is 894. The zero-order chi connectivity index (χ0) is 23.0.